The maximum atomic E-state index is 12.1. The van der Waals surface area contributed by atoms with Crippen LogP contribution in [0.15, 0.2) is 24.3 Å². The molecule has 0 saturated carbocycles. The second-order valence-electron chi connectivity index (χ2n) is 5.79. The van der Waals surface area contributed by atoms with Gasteiger partial charge >= 0.3 is 0 Å². The first-order valence-corrected chi connectivity index (χ1v) is 7.63. The van der Waals surface area contributed by atoms with Crippen LogP contribution < -0.4 is 10.6 Å². The van der Waals surface area contributed by atoms with Gasteiger partial charge in [0.2, 0.25) is 11.8 Å². The van der Waals surface area contributed by atoms with Crippen LogP contribution in [0, 0.1) is 12.8 Å². The molecule has 2 unspecified atom stereocenters. The van der Waals surface area contributed by atoms with E-state index in [9.17, 15) is 9.59 Å². The standard InChI is InChI=1S/C17H26N2O3/c1-12-4-6-15(7-5-12)16(19-14(3)21)10-17(22)18-11-13(2)8-9-20/h4-7,13,16,20H,8-11H2,1-3H3,(H,18,22)(H,19,21). The van der Waals surface area contributed by atoms with Crippen LogP contribution in [0.2, 0.25) is 0 Å². The predicted octanol–water partition coefficient (Wildman–Crippen LogP) is 1.70. The van der Waals surface area contributed by atoms with Crippen molar-refractivity contribution >= 4 is 11.8 Å². The Morgan fingerprint density at radius 2 is 1.86 bits per heavy atom. The number of hydrogen-bond acceptors (Lipinski definition) is 3. The Morgan fingerprint density at radius 3 is 2.41 bits per heavy atom. The second kappa shape index (κ2) is 9.20. The predicted molar refractivity (Wildman–Crippen MR) is 86.2 cm³/mol. The molecule has 0 bridgehead atoms. The Balaban J connectivity index is 2.63. The fourth-order valence-corrected chi connectivity index (χ4v) is 2.16. The van der Waals surface area contributed by atoms with Gasteiger partial charge in [-0.15, -0.1) is 0 Å². The third-order valence-electron chi connectivity index (χ3n) is 3.52. The Labute approximate surface area is 132 Å². The zero-order valence-corrected chi connectivity index (χ0v) is 13.6. The number of aliphatic hydroxyl groups excluding tert-OH is 1. The minimum absolute atomic E-state index is 0.107. The normalized spacial score (nSPS) is 13.3. The average Bonchev–Trinajstić information content (AvgIpc) is 2.45. The highest BCUT2D eigenvalue weighted by atomic mass is 16.3. The molecule has 0 spiro atoms. The molecule has 5 heteroatoms. The first-order chi connectivity index (χ1) is 10.4. The third-order valence-corrected chi connectivity index (χ3v) is 3.52. The molecule has 0 aromatic heterocycles. The summed E-state index contributed by atoms with van der Waals surface area (Å²) >= 11 is 0. The van der Waals surface area contributed by atoms with Gasteiger partial charge in [0.1, 0.15) is 0 Å². The van der Waals surface area contributed by atoms with Crippen LogP contribution >= 0.6 is 0 Å². The summed E-state index contributed by atoms with van der Waals surface area (Å²) in [6.07, 6.45) is 0.863. The van der Waals surface area contributed by atoms with E-state index in [1.165, 1.54) is 6.92 Å². The Morgan fingerprint density at radius 1 is 1.23 bits per heavy atom. The summed E-state index contributed by atoms with van der Waals surface area (Å²) in [6, 6.07) is 7.46. The molecule has 2 amide bonds. The zero-order chi connectivity index (χ0) is 16.5. The lowest BCUT2D eigenvalue weighted by Gasteiger charge is -2.19. The molecule has 1 rings (SSSR count). The van der Waals surface area contributed by atoms with Gasteiger partial charge in [-0.2, -0.15) is 0 Å². The summed E-state index contributed by atoms with van der Waals surface area (Å²) in [5.41, 5.74) is 2.05. The summed E-state index contributed by atoms with van der Waals surface area (Å²) < 4.78 is 0. The number of hydrogen-bond donors (Lipinski definition) is 3. The monoisotopic (exact) mass is 306 g/mol. The summed E-state index contributed by atoms with van der Waals surface area (Å²) in [5.74, 6) is -0.0383. The molecule has 0 heterocycles. The smallest absolute Gasteiger partial charge is 0.222 e. The fraction of sp³-hybridized carbons (Fsp3) is 0.529. The highest BCUT2D eigenvalue weighted by molar-refractivity contribution is 5.79. The summed E-state index contributed by atoms with van der Waals surface area (Å²) in [6.45, 7) is 6.06. The van der Waals surface area contributed by atoms with Crippen LogP contribution in [0.4, 0.5) is 0 Å². The van der Waals surface area contributed by atoms with Crippen molar-refractivity contribution in [2.75, 3.05) is 13.2 Å². The van der Waals surface area contributed by atoms with Gasteiger partial charge < -0.3 is 15.7 Å². The Kier molecular flexibility index (Phi) is 7.60. The third kappa shape index (κ3) is 6.72. The highest BCUT2D eigenvalue weighted by Gasteiger charge is 2.17. The van der Waals surface area contributed by atoms with E-state index in [4.69, 9.17) is 5.11 Å². The van der Waals surface area contributed by atoms with E-state index in [2.05, 4.69) is 10.6 Å². The molecule has 0 saturated heterocycles. The van der Waals surface area contributed by atoms with Gasteiger partial charge in [-0.25, -0.2) is 0 Å². The molecular weight excluding hydrogens is 280 g/mol. The first kappa shape index (κ1) is 18.2. The quantitative estimate of drug-likeness (QED) is 0.684. The Hall–Kier alpha value is -1.88. The molecule has 1 aromatic carbocycles. The van der Waals surface area contributed by atoms with E-state index in [1.54, 1.807) is 0 Å². The molecule has 2 atom stereocenters. The molecule has 1 aromatic rings. The van der Waals surface area contributed by atoms with E-state index in [0.717, 1.165) is 11.1 Å². The molecule has 22 heavy (non-hydrogen) atoms. The van der Waals surface area contributed by atoms with Crippen LogP contribution in [0.25, 0.3) is 0 Å². The zero-order valence-electron chi connectivity index (χ0n) is 13.6. The van der Waals surface area contributed by atoms with Gasteiger partial charge in [-0.3, -0.25) is 9.59 Å². The molecule has 3 N–H and O–H groups in total. The molecule has 0 fully saturated rings. The lowest BCUT2D eigenvalue weighted by atomic mass is 10.0. The molecule has 0 radical (unpaired) electrons. The number of rotatable bonds is 8. The molecule has 0 aliphatic carbocycles. The maximum Gasteiger partial charge on any atom is 0.222 e. The lowest BCUT2D eigenvalue weighted by molar-refractivity contribution is -0.123. The van der Waals surface area contributed by atoms with Gasteiger partial charge in [0.05, 0.1) is 12.5 Å². The van der Waals surface area contributed by atoms with E-state index in [1.807, 2.05) is 38.1 Å². The highest BCUT2D eigenvalue weighted by Crippen LogP contribution is 2.17. The number of amides is 2. The topological polar surface area (TPSA) is 78.4 Å². The van der Waals surface area contributed by atoms with Crippen molar-refractivity contribution in [2.24, 2.45) is 5.92 Å². The number of aliphatic hydroxyl groups is 1. The van der Waals surface area contributed by atoms with Crippen LogP contribution in [-0.2, 0) is 9.59 Å². The van der Waals surface area contributed by atoms with Gasteiger partial charge in [0, 0.05) is 20.1 Å². The van der Waals surface area contributed by atoms with E-state index in [-0.39, 0.29) is 36.8 Å². The number of nitrogens with one attached hydrogen (secondary N) is 2. The van der Waals surface area contributed by atoms with Gasteiger partial charge in [-0.1, -0.05) is 36.8 Å². The fourth-order valence-electron chi connectivity index (χ4n) is 2.16. The largest absolute Gasteiger partial charge is 0.396 e. The van der Waals surface area contributed by atoms with Crippen molar-refractivity contribution in [1.82, 2.24) is 10.6 Å². The van der Waals surface area contributed by atoms with Crippen molar-refractivity contribution in [3.63, 3.8) is 0 Å². The van der Waals surface area contributed by atoms with Crippen molar-refractivity contribution in [3.8, 4) is 0 Å². The van der Waals surface area contributed by atoms with Crippen molar-refractivity contribution in [1.29, 1.82) is 0 Å². The first-order valence-electron chi connectivity index (χ1n) is 7.63. The van der Waals surface area contributed by atoms with Crippen molar-refractivity contribution in [3.05, 3.63) is 35.4 Å². The lowest BCUT2D eigenvalue weighted by Crippen LogP contribution is -2.34. The van der Waals surface area contributed by atoms with Crippen LogP contribution in [0.3, 0.4) is 0 Å². The van der Waals surface area contributed by atoms with E-state index in [0.29, 0.717) is 13.0 Å². The number of benzene rings is 1. The molecule has 0 aliphatic heterocycles. The summed E-state index contributed by atoms with van der Waals surface area (Å²) in [5, 5.41) is 14.5. The van der Waals surface area contributed by atoms with Crippen LogP contribution in [0.5, 0.6) is 0 Å². The summed E-state index contributed by atoms with van der Waals surface area (Å²) in [7, 11) is 0. The SMILES string of the molecule is CC(=O)NC(CC(=O)NCC(C)CCO)c1ccc(C)cc1. The van der Waals surface area contributed by atoms with E-state index >= 15 is 0 Å². The maximum absolute atomic E-state index is 12.1. The van der Waals surface area contributed by atoms with Gasteiger partial charge in [0.25, 0.3) is 0 Å². The van der Waals surface area contributed by atoms with Gasteiger partial charge in [-0.05, 0) is 24.8 Å². The number of carbonyl (C=O) groups is 2. The molecular formula is C17H26N2O3. The average molecular weight is 306 g/mol. The van der Waals surface area contributed by atoms with E-state index < -0.39 is 0 Å². The second-order valence-corrected chi connectivity index (χ2v) is 5.79. The van der Waals surface area contributed by atoms with Crippen molar-refractivity contribution in [2.45, 2.75) is 39.7 Å². The van der Waals surface area contributed by atoms with Crippen molar-refractivity contribution < 1.29 is 14.7 Å². The summed E-state index contributed by atoms with van der Waals surface area (Å²) in [4.78, 5) is 23.4. The van der Waals surface area contributed by atoms with Crippen LogP contribution in [-0.4, -0.2) is 30.1 Å². The Bertz CT molecular complexity index is 485. The molecule has 122 valence electrons. The molecule has 5 nitrogen and oxygen atoms in total. The number of aryl methyl sites for hydroxylation is 1. The molecule has 0 aliphatic rings. The minimum atomic E-state index is -0.328. The number of carbonyl (C=O) groups excluding carboxylic acids is 2. The van der Waals surface area contributed by atoms with Gasteiger partial charge in [0.15, 0.2) is 0 Å². The minimum Gasteiger partial charge on any atom is -0.396 e. The van der Waals surface area contributed by atoms with Crippen LogP contribution in [0.1, 0.15) is 43.9 Å².